The van der Waals surface area contributed by atoms with Crippen LogP contribution in [0.25, 0.3) is 0 Å². The average Bonchev–Trinajstić information content (AvgIpc) is 2.00. The summed E-state index contributed by atoms with van der Waals surface area (Å²) in [5.74, 6) is 0. The topological polar surface area (TPSA) is 23.5 Å². The standard InChI is InChI=1S/C11H21NO/c1-11(2)7-12(8-11)9-4-3-5-10(13)6-9/h9-10,13H,3-8H2,1-2H3. The number of aliphatic hydroxyl groups excluding tert-OH is 1. The van der Waals surface area contributed by atoms with Gasteiger partial charge in [-0.15, -0.1) is 0 Å². The van der Waals surface area contributed by atoms with Crippen molar-refractivity contribution in [1.29, 1.82) is 0 Å². The first kappa shape index (κ1) is 9.47. The van der Waals surface area contributed by atoms with Crippen molar-refractivity contribution in [2.45, 2.75) is 51.7 Å². The summed E-state index contributed by atoms with van der Waals surface area (Å²) in [7, 11) is 0. The summed E-state index contributed by atoms with van der Waals surface area (Å²) in [5, 5.41) is 9.55. The first-order chi connectivity index (χ1) is 6.07. The second-order valence-electron chi connectivity index (χ2n) is 5.54. The Balaban J connectivity index is 1.82. The summed E-state index contributed by atoms with van der Waals surface area (Å²) >= 11 is 0. The average molecular weight is 183 g/mol. The Labute approximate surface area is 80.9 Å². The Bertz CT molecular complexity index is 183. The smallest absolute Gasteiger partial charge is 0.0555 e. The van der Waals surface area contributed by atoms with Crippen LogP contribution in [0, 0.1) is 5.41 Å². The van der Waals surface area contributed by atoms with E-state index in [2.05, 4.69) is 18.7 Å². The van der Waals surface area contributed by atoms with E-state index in [-0.39, 0.29) is 6.10 Å². The lowest BCUT2D eigenvalue weighted by atomic mass is 9.80. The van der Waals surface area contributed by atoms with Crippen molar-refractivity contribution in [3.63, 3.8) is 0 Å². The van der Waals surface area contributed by atoms with Gasteiger partial charge in [0.25, 0.3) is 0 Å². The molecule has 1 aliphatic heterocycles. The third-order valence-corrected chi connectivity index (χ3v) is 3.40. The van der Waals surface area contributed by atoms with Gasteiger partial charge in [0.15, 0.2) is 0 Å². The van der Waals surface area contributed by atoms with E-state index in [1.165, 1.54) is 25.9 Å². The van der Waals surface area contributed by atoms with Crippen LogP contribution in [0.2, 0.25) is 0 Å². The summed E-state index contributed by atoms with van der Waals surface area (Å²) in [6, 6.07) is 0.678. The summed E-state index contributed by atoms with van der Waals surface area (Å²) < 4.78 is 0. The number of nitrogens with zero attached hydrogens (tertiary/aromatic N) is 1. The zero-order valence-corrected chi connectivity index (χ0v) is 8.79. The highest BCUT2D eigenvalue weighted by atomic mass is 16.3. The molecule has 13 heavy (non-hydrogen) atoms. The van der Waals surface area contributed by atoms with Gasteiger partial charge in [-0.1, -0.05) is 13.8 Å². The molecule has 1 heterocycles. The second kappa shape index (κ2) is 3.25. The van der Waals surface area contributed by atoms with Crippen molar-refractivity contribution >= 4 is 0 Å². The highest BCUT2D eigenvalue weighted by Gasteiger charge is 2.39. The molecule has 2 atom stereocenters. The van der Waals surface area contributed by atoms with Crippen molar-refractivity contribution < 1.29 is 5.11 Å². The first-order valence-electron chi connectivity index (χ1n) is 5.49. The number of hydrogen-bond donors (Lipinski definition) is 1. The molecule has 1 saturated heterocycles. The van der Waals surface area contributed by atoms with Crippen LogP contribution in [0.15, 0.2) is 0 Å². The molecule has 0 aromatic rings. The molecule has 2 rings (SSSR count). The maximum atomic E-state index is 9.55. The summed E-state index contributed by atoms with van der Waals surface area (Å²) in [6.45, 7) is 7.10. The van der Waals surface area contributed by atoms with Crippen LogP contribution in [-0.4, -0.2) is 35.2 Å². The Kier molecular flexibility index (Phi) is 2.37. The molecule has 0 radical (unpaired) electrons. The lowest BCUT2D eigenvalue weighted by molar-refractivity contribution is -0.0379. The molecule has 2 aliphatic rings. The van der Waals surface area contributed by atoms with Gasteiger partial charge in [0.05, 0.1) is 6.10 Å². The fourth-order valence-corrected chi connectivity index (χ4v) is 2.78. The van der Waals surface area contributed by atoms with E-state index in [4.69, 9.17) is 0 Å². The summed E-state index contributed by atoms with van der Waals surface area (Å²) in [4.78, 5) is 2.54. The van der Waals surface area contributed by atoms with E-state index in [1.54, 1.807) is 0 Å². The fraction of sp³-hybridized carbons (Fsp3) is 1.00. The van der Waals surface area contributed by atoms with Gasteiger partial charge in [-0.3, -0.25) is 4.90 Å². The van der Waals surface area contributed by atoms with Crippen molar-refractivity contribution in [3.8, 4) is 0 Å². The minimum absolute atomic E-state index is 0.0255. The molecule has 1 aliphatic carbocycles. The quantitative estimate of drug-likeness (QED) is 0.668. The van der Waals surface area contributed by atoms with Crippen molar-refractivity contribution in [2.24, 2.45) is 5.41 Å². The third-order valence-electron chi connectivity index (χ3n) is 3.40. The van der Waals surface area contributed by atoms with Crippen LogP contribution in [0.1, 0.15) is 39.5 Å². The predicted octanol–water partition coefficient (Wildman–Crippen LogP) is 1.63. The lowest BCUT2D eigenvalue weighted by Crippen LogP contribution is -2.58. The van der Waals surface area contributed by atoms with Crippen molar-refractivity contribution in [2.75, 3.05) is 13.1 Å². The normalized spacial score (nSPS) is 39.9. The van der Waals surface area contributed by atoms with Crippen LogP contribution < -0.4 is 0 Å². The molecule has 2 unspecified atom stereocenters. The zero-order chi connectivity index (χ0) is 9.47. The minimum atomic E-state index is -0.0255. The largest absolute Gasteiger partial charge is 0.393 e. The van der Waals surface area contributed by atoms with E-state index in [9.17, 15) is 5.11 Å². The van der Waals surface area contributed by atoms with Crippen LogP contribution in [0.3, 0.4) is 0 Å². The van der Waals surface area contributed by atoms with E-state index >= 15 is 0 Å². The molecule has 1 N–H and O–H groups in total. The molecule has 0 amide bonds. The Hall–Kier alpha value is -0.0800. The van der Waals surface area contributed by atoms with Gasteiger partial charge >= 0.3 is 0 Å². The third kappa shape index (κ3) is 2.05. The molecule has 2 heteroatoms. The van der Waals surface area contributed by atoms with Gasteiger partial charge in [0.1, 0.15) is 0 Å². The summed E-state index contributed by atoms with van der Waals surface area (Å²) in [6.07, 6.45) is 4.52. The SMILES string of the molecule is CC1(C)CN(C2CCCC(O)C2)C1. The van der Waals surface area contributed by atoms with E-state index in [1.807, 2.05) is 0 Å². The van der Waals surface area contributed by atoms with Crippen LogP contribution in [0.4, 0.5) is 0 Å². The van der Waals surface area contributed by atoms with E-state index < -0.39 is 0 Å². The number of rotatable bonds is 1. The maximum absolute atomic E-state index is 9.55. The van der Waals surface area contributed by atoms with Crippen molar-refractivity contribution in [3.05, 3.63) is 0 Å². The number of aliphatic hydroxyl groups is 1. The van der Waals surface area contributed by atoms with E-state index in [0.717, 1.165) is 12.8 Å². The predicted molar refractivity (Wildman–Crippen MR) is 53.6 cm³/mol. The summed E-state index contributed by atoms with van der Waals surface area (Å²) in [5.41, 5.74) is 0.530. The number of likely N-dealkylation sites (tertiary alicyclic amines) is 1. The highest BCUT2D eigenvalue weighted by molar-refractivity contribution is 4.93. The monoisotopic (exact) mass is 183 g/mol. The molecule has 76 valence electrons. The van der Waals surface area contributed by atoms with Crippen LogP contribution in [-0.2, 0) is 0 Å². The Morgan fingerprint density at radius 2 is 1.92 bits per heavy atom. The fourth-order valence-electron chi connectivity index (χ4n) is 2.78. The van der Waals surface area contributed by atoms with Gasteiger partial charge < -0.3 is 5.11 Å². The highest BCUT2D eigenvalue weighted by Crippen LogP contribution is 2.34. The van der Waals surface area contributed by atoms with Gasteiger partial charge in [0.2, 0.25) is 0 Å². The molecule has 2 fully saturated rings. The molecule has 0 spiro atoms. The first-order valence-corrected chi connectivity index (χ1v) is 5.49. The van der Waals surface area contributed by atoms with Gasteiger partial charge in [-0.05, 0) is 31.1 Å². The molecule has 1 saturated carbocycles. The maximum Gasteiger partial charge on any atom is 0.0555 e. The minimum Gasteiger partial charge on any atom is -0.393 e. The second-order valence-corrected chi connectivity index (χ2v) is 5.54. The zero-order valence-electron chi connectivity index (χ0n) is 8.79. The molecule has 0 aromatic heterocycles. The molecular weight excluding hydrogens is 162 g/mol. The lowest BCUT2D eigenvalue weighted by Gasteiger charge is -2.51. The Morgan fingerprint density at radius 1 is 1.23 bits per heavy atom. The molecule has 0 bridgehead atoms. The van der Waals surface area contributed by atoms with Gasteiger partial charge in [-0.2, -0.15) is 0 Å². The molecular formula is C11H21NO. The number of hydrogen-bond acceptors (Lipinski definition) is 2. The van der Waals surface area contributed by atoms with Gasteiger partial charge in [0, 0.05) is 19.1 Å². The molecule has 0 aromatic carbocycles. The molecule has 2 nitrogen and oxygen atoms in total. The Morgan fingerprint density at radius 3 is 2.46 bits per heavy atom. The van der Waals surface area contributed by atoms with Gasteiger partial charge in [-0.25, -0.2) is 0 Å². The van der Waals surface area contributed by atoms with Crippen molar-refractivity contribution in [1.82, 2.24) is 4.90 Å². The van der Waals surface area contributed by atoms with E-state index in [0.29, 0.717) is 11.5 Å². The van der Waals surface area contributed by atoms with Crippen LogP contribution in [0.5, 0.6) is 0 Å². The van der Waals surface area contributed by atoms with Crippen LogP contribution >= 0.6 is 0 Å².